The van der Waals surface area contributed by atoms with Crippen LogP contribution in [0.15, 0.2) is 18.2 Å². The van der Waals surface area contributed by atoms with Crippen LogP contribution in [0.5, 0.6) is 0 Å². The second-order valence-electron chi connectivity index (χ2n) is 4.70. The van der Waals surface area contributed by atoms with Crippen LogP contribution < -0.4 is 5.32 Å². The van der Waals surface area contributed by atoms with Gasteiger partial charge in [0.1, 0.15) is 5.82 Å². The zero-order chi connectivity index (χ0) is 12.7. The predicted octanol–water partition coefficient (Wildman–Crippen LogP) is 1.93. The number of benzene rings is 1. The fourth-order valence-corrected chi connectivity index (χ4v) is 2.77. The average Bonchev–Trinajstić information content (AvgIpc) is 2.94. The van der Waals surface area contributed by atoms with Gasteiger partial charge in [-0.15, -0.1) is 0 Å². The number of hydrogen-bond acceptors (Lipinski definition) is 3. The maximum Gasteiger partial charge on any atom is 0.116 e. The van der Waals surface area contributed by atoms with E-state index in [1.54, 1.807) is 0 Å². The SMILES string of the molecule is CNC1COCC1c1nc2ccc(Cl)cc2n1C. The standard InChI is InChI=1S/C13H16ClN3O/c1-15-11-7-18-6-9(11)13-16-10-4-3-8(14)5-12(10)17(13)2/h3-5,9,11,15H,6-7H2,1-2H3. The van der Waals surface area contributed by atoms with Gasteiger partial charge in [0.25, 0.3) is 0 Å². The zero-order valence-corrected chi connectivity index (χ0v) is 11.2. The summed E-state index contributed by atoms with van der Waals surface area (Å²) >= 11 is 6.04. The lowest BCUT2D eigenvalue weighted by Gasteiger charge is -2.16. The molecule has 1 saturated heterocycles. The molecule has 1 aliphatic rings. The molecule has 0 amide bonds. The number of hydrogen-bond donors (Lipinski definition) is 1. The van der Waals surface area contributed by atoms with Crippen molar-refractivity contribution in [2.75, 3.05) is 20.3 Å². The molecule has 0 aliphatic carbocycles. The highest BCUT2D eigenvalue weighted by Crippen LogP contribution is 2.28. The van der Waals surface area contributed by atoms with Crippen molar-refractivity contribution in [3.63, 3.8) is 0 Å². The Balaban J connectivity index is 2.09. The first kappa shape index (κ1) is 12.0. The van der Waals surface area contributed by atoms with Gasteiger partial charge in [-0.25, -0.2) is 4.98 Å². The summed E-state index contributed by atoms with van der Waals surface area (Å²) in [5.41, 5.74) is 2.05. The summed E-state index contributed by atoms with van der Waals surface area (Å²) in [5.74, 6) is 1.36. The van der Waals surface area contributed by atoms with E-state index in [4.69, 9.17) is 21.3 Å². The van der Waals surface area contributed by atoms with E-state index in [0.717, 1.165) is 35.1 Å². The number of likely N-dealkylation sites (N-methyl/N-ethyl adjacent to an activating group) is 1. The fraction of sp³-hybridized carbons (Fsp3) is 0.462. The molecule has 1 fully saturated rings. The minimum atomic E-state index is 0.297. The molecule has 1 aromatic carbocycles. The molecule has 1 aromatic heterocycles. The molecule has 0 radical (unpaired) electrons. The van der Waals surface area contributed by atoms with Crippen molar-refractivity contribution < 1.29 is 4.74 Å². The molecule has 0 spiro atoms. The van der Waals surface area contributed by atoms with Crippen LogP contribution >= 0.6 is 11.6 Å². The number of nitrogens with zero attached hydrogens (tertiary/aromatic N) is 2. The number of aryl methyl sites for hydroxylation is 1. The summed E-state index contributed by atoms with van der Waals surface area (Å²) in [4.78, 5) is 4.72. The largest absolute Gasteiger partial charge is 0.379 e. The minimum absolute atomic E-state index is 0.297. The lowest BCUT2D eigenvalue weighted by Crippen LogP contribution is -2.32. The molecule has 2 heterocycles. The summed E-state index contributed by atoms with van der Waals surface area (Å²) in [6.45, 7) is 1.46. The highest BCUT2D eigenvalue weighted by atomic mass is 35.5. The third kappa shape index (κ3) is 1.81. The Morgan fingerprint density at radius 1 is 1.44 bits per heavy atom. The van der Waals surface area contributed by atoms with E-state index in [1.165, 1.54) is 0 Å². The van der Waals surface area contributed by atoms with Gasteiger partial charge in [0.15, 0.2) is 0 Å². The Bertz CT molecular complexity index is 581. The lowest BCUT2D eigenvalue weighted by molar-refractivity contribution is 0.188. The van der Waals surface area contributed by atoms with Crippen molar-refractivity contribution in [2.24, 2.45) is 7.05 Å². The third-order valence-corrected chi connectivity index (χ3v) is 3.90. The summed E-state index contributed by atoms with van der Waals surface area (Å²) in [6, 6.07) is 6.13. The molecule has 5 heteroatoms. The van der Waals surface area contributed by atoms with Crippen LogP contribution in [0.4, 0.5) is 0 Å². The lowest BCUT2D eigenvalue weighted by atomic mass is 10.0. The monoisotopic (exact) mass is 265 g/mol. The molecule has 2 atom stereocenters. The Kier molecular flexibility index (Phi) is 3.01. The minimum Gasteiger partial charge on any atom is -0.379 e. The molecule has 96 valence electrons. The number of ether oxygens (including phenoxy) is 1. The van der Waals surface area contributed by atoms with E-state index < -0.39 is 0 Å². The predicted molar refractivity (Wildman–Crippen MR) is 72.1 cm³/mol. The van der Waals surface area contributed by atoms with Gasteiger partial charge in [-0.1, -0.05) is 11.6 Å². The van der Waals surface area contributed by atoms with E-state index in [-0.39, 0.29) is 0 Å². The third-order valence-electron chi connectivity index (χ3n) is 3.66. The van der Waals surface area contributed by atoms with E-state index in [9.17, 15) is 0 Å². The number of rotatable bonds is 2. The van der Waals surface area contributed by atoms with Crippen molar-refractivity contribution >= 4 is 22.6 Å². The van der Waals surface area contributed by atoms with Gasteiger partial charge in [-0.3, -0.25) is 0 Å². The first-order chi connectivity index (χ1) is 8.70. The van der Waals surface area contributed by atoms with Gasteiger partial charge in [0.2, 0.25) is 0 Å². The smallest absolute Gasteiger partial charge is 0.116 e. The molecule has 1 aliphatic heterocycles. The molecule has 1 N–H and O–H groups in total. The molecule has 18 heavy (non-hydrogen) atoms. The topological polar surface area (TPSA) is 39.1 Å². The van der Waals surface area contributed by atoms with Gasteiger partial charge in [-0.2, -0.15) is 0 Å². The van der Waals surface area contributed by atoms with Crippen LogP contribution in [0.3, 0.4) is 0 Å². The van der Waals surface area contributed by atoms with E-state index in [1.807, 2.05) is 32.3 Å². The van der Waals surface area contributed by atoms with Crippen molar-refractivity contribution in [1.29, 1.82) is 0 Å². The molecule has 2 aromatic rings. The second-order valence-corrected chi connectivity index (χ2v) is 5.14. The molecular formula is C13H16ClN3O. The van der Waals surface area contributed by atoms with Crippen LogP contribution in [-0.2, 0) is 11.8 Å². The highest BCUT2D eigenvalue weighted by molar-refractivity contribution is 6.31. The maximum absolute atomic E-state index is 6.04. The van der Waals surface area contributed by atoms with Gasteiger partial charge in [0, 0.05) is 18.1 Å². The van der Waals surface area contributed by atoms with Crippen LogP contribution in [0.1, 0.15) is 11.7 Å². The van der Waals surface area contributed by atoms with Crippen LogP contribution in [0.2, 0.25) is 5.02 Å². The zero-order valence-electron chi connectivity index (χ0n) is 10.5. The number of halogens is 1. The van der Waals surface area contributed by atoms with Crippen molar-refractivity contribution in [2.45, 2.75) is 12.0 Å². The summed E-state index contributed by atoms with van der Waals surface area (Å²) in [7, 11) is 4.00. The summed E-state index contributed by atoms with van der Waals surface area (Å²) < 4.78 is 7.66. The Morgan fingerprint density at radius 3 is 3.06 bits per heavy atom. The van der Waals surface area contributed by atoms with Crippen molar-refractivity contribution in [1.82, 2.24) is 14.9 Å². The van der Waals surface area contributed by atoms with Crippen LogP contribution in [0, 0.1) is 0 Å². The van der Waals surface area contributed by atoms with Gasteiger partial charge in [0.05, 0.1) is 30.2 Å². The average molecular weight is 266 g/mol. The van der Waals surface area contributed by atoms with Gasteiger partial charge in [-0.05, 0) is 25.2 Å². The van der Waals surface area contributed by atoms with Gasteiger partial charge >= 0.3 is 0 Å². The maximum atomic E-state index is 6.04. The normalized spacial score (nSPS) is 23.9. The van der Waals surface area contributed by atoms with E-state index in [2.05, 4.69) is 9.88 Å². The molecule has 3 rings (SSSR count). The molecular weight excluding hydrogens is 250 g/mol. The summed E-state index contributed by atoms with van der Waals surface area (Å²) in [5, 5.41) is 4.03. The second kappa shape index (κ2) is 4.53. The van der Waals surface area contributed by atoms with Gasteiger partial charge < -0.3 is 14.6 Å². The number of imidazole rings is 1. The van der Waals surface area contributed by atoms with Crippen molar-refractivity contribution in [3.05, 3.63) is 29.0 Å². The molecule has 2 unspecified atom stereocenters. The Morgan fingerprint density at radius 2 is 2.28 bits per heavy atom. The van der Waals surface area contributed by atoms with Crippen LogP contribution in [-0.4, -0.2) is 35.9 Å². The fourth-order valence-electron chi connectivity index (χ4n) is 2.61. The quantitative estimate of drug-likeness (QED) is 0.902. The van der Waals surface area contributed by atoms with E-state index in [0.29, 0.717) is 12.0 Å². The number of aromatic nitrogens is 2. The van der Waals surface area contributed by atoms with Crippen LogP contribution in [0.25, 0.3) is 11.0 Å². The first-order valence-electron chi connectivity index (χ1n) is 6.07. The highest BCUT2D eigenvalue weighted by Gasteiger charge is 2.31. The Labute approximate surface area is 111 Å². The number of fused-ring (bicyclic) bond motifs is 1. The summed E-state index contributed by atoms with van der Waals surface area (Å²) in [6.07, 6.45) is 0. The van der Waals surface area contributed by atoms with E-state index >= 15 is 0 Å². The first-order valence-corrected chi connectivity index (χ1v) is 6.45. The van der Waals surface area contributed by atoms with Crippen molar-refractivity contribution in [3.8, 4) is 0 Å². The Hall–Kier alpha value is -1.10. The molecule has 4 nitrogen and oxygen atoms in total. The number of nitrogens with one attached hydrogen (secondary N) is 1. The molecule has 0 saturated carbocycles. The molecule has 0 bridgehead atoms.